The lowest BCUT2D eigenvalue weighted by atomic mass is 10.00. The monoisotopic (exact) mass is 393 g/mol. The van der Waals surface area contributed by atoms with Gasteiger partial charge in [-0.25, -0.2) is 4.79 Å². The average Bonchev–Trinajstić information content (AvgIpc) is 2.59. The number of benzene rings is 1. The molecule has 1 atom stereocenters. The fraction of sp³-hybridized carbons (Fsp3) is 0.571. The maximum absolute atomic E-state index is 12.3. The lowest BCUT2D eigenvalue weighted by Crippen LogP contribution is -2.45. The lowest BCUT2D eigenvalue weighted by molar-refractivity contribution is -0.151. The first-order valence-corrected chi connectivity index (χ1v) is 9.72. The van der Waals surface area contributed by atoms with Gasteiger partial charge in [-0.2, -0.15) is 0 Å². The minimum atomic E-state index is -0.969. The number of aliphatic carboxylic acids is 1. The number of thiocarbonyl (C=S) groups is 1. The van der Waals surface area contributed by atoms with E-state index < -0.39 is 12.0 Å². The highest BCUT2D eigenvalue weighted by molar-refractivity contribution is 7.80. The van der Waals surface area contributed by atoms with Crippen LogP contribution in [0.2, 0.25) is 0 Å². The molecule has 0 heterocycles. The predicted molar refractivity (Wildman–Crippen MR) is 112 cm³/mol. The molecule has 0 spiro atoms. The molecule has 150 valence electrons. The molecule has 0 fully saturated rings. The Bertz CT molecular complexity index is 672. The number of methoxy groups -OCH3 is 1. The number of hydrogen-bond donors (Lipinski definition) is 1. The fourth-order valence-electron chi connectivity index (χ4n) is 3.24. The van der Waals surface area contributed by atoms with Crippen LogP contribution in [0.3, 0.4) is 0 Å². The summed E-state index contributed by atoms with van der Waals surface area (Å²) in [6, 6.07) is 5.19. The van der Waals surface area contributed by atoms with E-state index in [0.717, 1.165) is 23.5 Å². The Morgan fingerprint density at radius 2 is 1.89 bits per heavy atom. The topological polar surface area (TPSA) is 66.8 Å². The van der Waals surface area contributed by atoms with Crippen molar-refractivity contribution in [2.75, 3.05) is 14.2 Å². The van der Waals surface area contributed by atoms with Crippen molar-refractivity contribution in [3.05, 3.63) is 29.3 Å². The van der Waals surface area contributed by atoms with E-state index in [2.05, 4.69) is 13.0 Å². The number of ether oxygens (including phenoxy) is 1. The third kappa shape index (κ3) is 6.94. The normalized spacial score (nSPS) is 11.9. The van der Waals surface area contributed by atoms with Crippen molar-refractivity contribution in [2.45, 2.75) is 58.9 Å². The van der Waals surface area contributed by atoms with Gasteiger partial charge in [-0.1, -0.05) is 38.2 Å². The van der Waals surface area contributed by atoms with Crippen molar-refractivity contribution in [1.82, 2.24) is 4.90 Å². The van der Waals surface area contributed by atoms with Crippen LogP contribution in [0.5, 0.6) is 5.75 Å². The maximum Gasteiger partial charge on any atom is 0.326 e. The number of carbonyl (C=O) groups excluding carboxylic acids is 1. The number of rotatable bonds is 11. The molecular formula is C21H31NO4S. The molecule has 1 amide bonds. The van der Waals surface area contributed by atoms with E-state index in [9.17, 15) is 14.7 Å². The van der Waals surface area contributed by atoms with Crippen molar-refractivity contribution in [2.24, 2.45) is 5.92 Å². The summed E-state index contributed by atoms with van der Waals surface area (Å²) < 4.78 is 5.42. The largest absolute Gasteiger partial charge is 0.496 e. The van der Waals surface area contributed by atoms with Crippen LogP contribution in [-0.2, 0) is 16.0 Å². The fourth-order valence-corrected chi connectivity index (χ4v) is 3.49. The SMILES string of the molecule is COc1cccc(C)c1CCC(=S)CCCC(=O)N(C)[C@H](C(=O)O)C(C)C. The van der Waals surface area contributed by atoms with Gasteiger partial charge in [-0.15, -0.1) is 0 Å². The summed E-state index contributed by atoms with van der Waals surface area (Å²) in [6.07, 6.45) is 3.21. The Hall–Kier alpha value is -1.95. The average molecular weight is 394 g/mol. The van der Waals surface area contributed by atoms with Crippen LogP contribution < -0.4 is 4.74 Å². The molecule has 5 nitrogen and oxygen atoms in total. The van der Waals surface area contributed by atoms with Gasteiger partial charge < -0.3 is 14.7 Å². The van der Waals surface area contributed by atoms with Gasteiger partial charge >= 0.3 is 5.97 Å². The number of carboxylic acid groups (broad SMARTS) is 1. The number of aryl methyl sites for hydroxylation is 1. The van der Waals surface area contributed by atoms with Gasteiger partial charge in [-0.05, 0) is 60.6 Å². The Kier molecular flexibility index (Phi) is 9.43. The zero-order chi connectivity index (χ0) is 20.6. The molecule has 1 rings (SSSR count). The molecule has 27 heavy (non-hydrogen) atoms. The van der Waals surface area contributed by atoms with Crippen molar-refractivity contribution in [1.29, 1.82) is 0 Å². The van der Waals surface area contributed by atoms with Crippen LogP contribution in [0, 0.1) is 12.8 Å². The van der Waals surface area contributed by atoms with Gasteiger partial charge in [0.05, 0.1) is 7.11 Å². The first-order chi connectivity index (χ1) is 12.7. The third-order valence-electron chi connectivity index (χ3n) is 4.78. The van der Waals surface area contributed by atoms with Crippen molar-refractivity contribution < 1.29 is 19.4 Å². The van der Waals surface area contributed by atoms with Crippen molar-refractivity contribution in [3.8, 4) is 5.75 Å². The van der Waals surface area contributed by atoms with Gasteiger partial charge in [0, 0.05) is 13.5 Å². The van der Waals surface area contributed by atoms with Crippen molar-refractivity contribution >= 4 is 29.0 Å². The van der Waals surface area contributed by atoms with E-state index in [1.165, 1.54) is 16.0 Å². The molecule has 0 aromatic heterocycles. The summed E-state index contributed by atoms with van der Waals surface area (Å²) in [5.74, 6) is -0.382. The predicted octanol–water partition coefficient (Wildman–Crippen LogP) is 4.04. The summed E-state index contributed by atoms with van der Waals surface area (Å²) in [5, 5.41) is 9.30. The van der Waals surface area contributed by atoms with Crippen LogP contribution in [-0.4, -0.2) is 46.9 Å². The van der Waals surface area contributed by atoms with Gasteiger partial charge in [-0.3, -0.25) is 4.79 Å². The van der Waals surface area contributed by atoms with Crippen LogP contribution in [0.25, 0.3) is 0 Å². The second-order valence-electron chi connectivity index (χ2n) is 7.18. The molecule has 6 heteroatoms. The van der Waals surface area contributed by atoms with E-state index >= 15 is 0 Å². The Balaban J connectivity index is 2.47. The van der Waals surface area contributed by atoms with Crippen LogP contribution in [0.15, 0.2) is 18.2 Å². The molecule has 0 aliphatic rings. The number of hydrogen-bond acceptors (Lipinski definition) is 4. The van der Waals surface area contributed by atoms with E-state index in [1.807, 2.05) is 12.1 Å². The van der Waals surface area contributed by atoms with Gasteiger partial charge in [0.15, 0.2) is 0 Å². The summed E-state index contributed by atoms with van der Waals surface area (Å²) in [6.45, 7) is 5.66. The first kappa shape index (κ1) is 23.1. The quantitative estimate of drug-likeness (QED) is 0.575. The lowest BCUT2D eigenvalue weighted by Gasteiger charge is -2.27. The van der Waals surface area contributed by atoms with E-state index in [-0.39, 0.29) is 11.8 Å². The molecule has 0 unspecified atom stereocenters. The zero-order valence-electron chi connectivity index (χ0n) is 16.9. The van der Waals surface area contributed by atoms with Crippen LogP contribution >= 0.6 is 12.2 Å². The zero-order valence-corrected chi connectivity index (χ0v) is 17.8. The summed E-state index contributed by atoms with van der Waals surface area (Å²) >= 11 is 5.47. The smallest absolute Gasteiger partial charge is 0.326 e. The van der Waals surface area contributed by atoms with Gasteiger partial charge in [0.2, 0.25) is 5.91 Å². The highest BCUT2D eigenvalue weighted by Gasteiger charge is 2.29. The van der Waals surface area contributed by atoms with E-state index in [1.54, 1.807) is 28.0 Å². The Morgan fingerprint density at radius 3 is 2.44 bits per heavy atom. The van der Waals surface area contributed by atoms with Crippen LogP contribution in [0.1, 0.15) is 50.7 Å². The molecule has 1 aromatic rings. The molecule has 0 saturated heterocycles. The van der Waals surface area contributed by atoms with E-state index in [4.69, 9.17) is 17.0 Å². The Morgan fingerprint density at radius 1 is 1.22 bits per heavy atom. The van der Waals surface area contributed by atoms with Crippen molar-refractivity contribution in [3.63, 3.8) is 0 Å². The van der Waals surface area contributed by atoms with Gasteiger partial charge in [0.1, 0.15) is 11.8 Å². The third-order valence-corrected chi connectivity index (χ3v) is 5.19. The number of carboxylic acids is 1. The van der Waals surface area contributed by atoms with Gasteiger partial charge in [0.25, 0.3) is 0 Å². The summed E-state index contributed by atoms with van der Waals surface area (Å²) in [5.41, 5.74) is 2.35. The number of nitrogens with zero attached hydrogens (tertiary/aromatic N) is 1. The number of amides is 1. The molecule has 0 aliphatic heterocycles. The molecule has 0 aliphatic carbocycles. The minimum absolute atomic E-state index is 0.137. The molecule has 0 saturated carbocycles. The highest BCUT2D eigenvalue weighted by atomic mass is 32.1. The van der Waals surface area contributed by atoms with Crippen LogP contribution in [0.4, 0.5) is 0 Å². The summed E-state index contributed by atoms with van der Waals surface area (Å²) in [4.78, 5) is 25.9. The Labute approximate surface area is 167 Å². The molecule has 0 radical (unpaired) electrons. The second kappa shape index (κ2) is 11.0. The second-order valence-corrected chi connectivity index (χ2v) is 7.76. The standard InChI is InChI=1S/C21H31NO4S/c1-14(2)20(21(24)25)22(4)19(23)11-7-9-16(27)12-13-17-15(3)8-6-10-18(17)26-5/h6,8,10,14,20H,7,9,11-13H2,1-5H3,(H,24,25)/t20-/m0/s1. The highest BCUT2D eigenvalue weighted by Crippen LogP contribution is 2.23. The van der Waals surface area contributed by atoms with E-state index in [0.29, 0.717) is 19.3 Å². The molecule has 1 N–H and O–H groups in total. The number of likely N-dealkylation sites (N-methyl/N-ethyl adjacent to an activating group) is 1. The number of carbonyl (C=O) groups is 2. The molecule has 0 bridgehead atoms. The minimum Gasteiger partial charge on any atom is -0.496 e. The molecular weight excluding hydrogens is 362 g/mol. The summed E-state index contributed by atoms with van der Waals surface area (Å²) in [7, 11) is 3.23. The maximum atomic E-state index is 12.3. The first-order valence-electron chi connectivity index (χ1n) is 9.31. The molecule has 1 aromatic carbocycles.